The molecule has 0 aliphatic carbocycles. The summed E-state index contributed by atoms with van der Waals surface area (Å²) < 4.78 is 49.7. The second-order valence-electron chi connectivity index (χ2n) is 7.28. The van der Waals surface area contributed by atoms with E-state index < -0.39 is 28.3 Å². The van der Waals surface area contributed by atoms with Crippen molar-refractivity contribution in [2.75, 3.05) is 0 Å². The maximum absolute atomic E-state index is 13.0. The lowest BCUT2D eigenvalue weighted by molar-refractivity contribution is -0.385. The van der Waals surface area contributed by atoms with Crippen molar-refractivity contribution in [2.24, 2.45) is 4.99 Å². The average molecular weight is 468 g/mol. The Labute approximate surface area is 190 Å². The first-order valence-corrected chi connectivity index (χ1v) is 9.84. The van der Waals surface area contributed by atoms with Gasteiger partial charge in [0.15, 0.2) is 5.70 Å². The number of nitrogens with zero attached hydrogens (tertiary/aromatic N) is 2. The van der Waals surface area contributed by atoms with Crippen molar-refractivity contribution in [1.29, 1.82) is 0 Å². The molecule has 0 saturated heterocycles. The Hall–Kier alpha value is -4.47. The number of aliphatic imine (C=N–C) groups is 1. The highest BCUT2D eigenvalue weighted by molar-refractivity contribution is 6.13. The number of alkyl halides is 3. The molecule has 3 aromatic rings. The van der Waals surface area contributed by atoms with E-state index in [4.69, 9.17) is 9.47 Å². The maximum atomic E-state index is 13.0. The van der Waals surface area contributed by atoms with Crippen molar-refractivity contribution < 1.29 is 32.4 Å². The van der Waals surface area contributed by atoms with Gasteiger partial charge in [-0.05, 0) is 43.3 Å². The zero-order valence-electron chi connectivity index (χ0n) is 17.5. The maximum Gasteiger partial charge on any atom is 0.416 e. The SMILES string of the molecule is Cc1ccc(C2=N/C(=C\c3ccccc3Oc3ccc(C(F)(F)F)cc3[N+](=O)[O-])C(=O)O2)cc1. The van der Waals surface area contributed by atoms with Gasteiger partial charge in [0.1, 0.15) is 5.75 Å². The summed E-state index contributed by atoms with van der Waals surface area (Å²) in [6.07, 6.45) is -3.38. The predicted molar refractivity (Wildman–Crippen MR) is 116 cm³/mol. The molecule has 34 heavy (non-hydrogen) atoms. The summed E-state index contributed by atoms with van der Waals surface area (Å²) >= 11 is 0. The summed E-state index contributed by atoms with van der Waals surface area (Å²) in [6.45, 7) is 1.91. The van der Waals surface area contributed by atoms with Crippen molar-refractivity contribution in [1.82, 2.24) is 0 Å². The van der Waals surface area contributed by atoms with Crippen LogP contribution in [0.4, 0.5) is 18.9 Å². The van der Waals surface area contributed by atoms with Gasteiger partial charge in [-0.1, -0.05) is 35.9 Å². The van der Waals surface area contributed by atoms with E-state index in [0.717, 1.165) is 11.6 Å². The molecule has 0 unspecified atom stereocenters. The smallest absolute Gasteiger partial charge is 0.416 e. The van der Waals surface area contributed by atoms with Crippen LogP contribution in [0.3, 0.4) is 0 Å². The van der Waals surface area contributed by atoms with Crippen LogP contribution >= 0.6 is 0 Å². The molecule has 0 bridgehead atoms. The van der Waals surface area contributed by atoms with Crippen LogP contribution in [0, 0.1) is 17.0 Å². The fourth-order valence-corrected chi connectivity index (χ4v) is 3.11. The first-order chi connectivity index (χ1) is 16.1. The largest absolute Gasteiger partial charge is 0.449 e. The molecule has 0 radical (unpaired) electrons. The topological polar surface area (TPSA) is 91.0 Å². The van der Waals surface area contributed by atoms with E-state index in [0.29, 0.717) is 23.3 Å². The Bertz CT molecular complexity index is 1350. The number of carbonyl (C=O) groups excluding carboxylic acids is 1. The molecule has 172 valence electrons. The molecule has 1 aliphatic rings. The molecule has 0 atom stereocenters. The minimum absolute atomic E-state index is 0.0338. The Kier molecular flexibility index (Phi) is 5.89. The molecule has 0 spiro atoms. The lowest BCUT2D eigenvalue weighted by atomic mass is 10.1. The van der Waals surface area contributed by atoms with Crippen LogP contribution in [0.5, 0.6) is 11.5 Å². The average Bonchev–Trinajstić information content (AvgIpc) is 3.15. The number of aryl methyl sites for hydroxylation is 1. The zero-order valence-corrected chi connectivity index (χ0v) is 17.5. The number of para-hydroxylation sites is 1. The van der Waals surface area contributed by atoms with Gasteiger partial charge in [0, 0.05) is 17.2 Å². The van der Waals surface area contributed by atoms with Gasteiger partial charge in [0.05, 0.1) is 10.5 Å². The van der Waals surface area contributed by atoms with Gasteiger partial charge in [0.25, 0.3) is 0 Å². The number of hydrogen-bond donors (Lipinski definition) is 0. The quantitative estimate of drug-likeness (QED) is 0.197. The van der Waals surface area contributed by atoms with E-state index in [1.807, 2.05) is 19.1 Å². The third kappa shape index (κ3) is 4.80. The molecule has 10 heteroatoms. The lowest BCUT2D eigenvalue weighted by Gasteiger charge is -2.11. The van der Waals surface area contributed by atoms with Gasteiger partial charge in [-0.3, -0.25) is 10.1 Å². The fraction of sp³-hybridized carbons (Fsp3) is 0.0833. The number of nitro benzene ring substituents is 1. The van der Waals surface area contributed by atoms with E-state index in [1.54, 1.807) is 30.3 Å². The van der Waals surface area contributed by atoms with Gasteiger partial charge >= 0.3 is 17.8 Å². The first-order valence-electron chi connectivity index (χ1n) is 9.84. The van der Waals surface area contributed by atoms with Crippen LogP contribution < -0.4 is 4.74 Å². The number of cyclic esters (lactones) is 1. The molecule has 3 aromatic carbocycles. The molecule has 0 aromatic heterocycles. The number of rotatable bonds is 5. The van der Waals surface area contributed by atoms with Crippen LogP contribution in [0.25, 0.3) is 6.08 Å². The molecule has 1 heterocycles. The molecular weight excluding hydrogens is 453 g/mol. The van der Waals surface area contributed by atoms with Crippen molar-refractivity contribution in [3.8, 4) is 11.5 Å². The summed E-state index contributed by atoms with van der Waals surface area (Å²) in [5, 5.41) is 11.4. The molecule has 1 aliphatic heterocycles. The number of esters is 1. The monoisotopic (exact) mass is 468 g/mol. The van der Waals surface area contributed by atoms with Crippen molar-refractivity contribution >= 4 is 23.6 Å². The summed E-state index contributed by atoms with van der Waals surface area (Å²) in [4.78, 5) is 26.9. The van der Waals surface area contributed by atoms with Crippen molar-refractivity contribution in [3.05, 3.63) is 105 Å². The Morgan fingerprint density at radius 1 is 1.03 bits per heavy atom. The fourth-order valence-electron chi connectivity index (χ4n) is 3.11. The van der Waals surface area contributed by atoms with Gasteiger partial charge in [0.2, 0.25) is 11.6 Å². The van der Waals surface area contributed by atoms with E-state index in [9.17, 15) is 28.1 Å². The number of halogens is 3. The predicted octanol–water partition coefficient (Wildman–Crippen LogP) is 6.06. The second-order valence-corrected chi connectivity index (χ2v) is 7.28. The van der Waals surface area contributed by atoms with Gasteiger partial charge < -0.3 is 9.47 Å². The molecule has 0 amide bonds. The van der Waals surface area contributed by atoms with Gasteiger partial charge in [-0.2, -0.15) is 13.2 Å². The van der Waals surface area contributed by atoms with E-state index in [2.05, 4.69) is 4.99 Å². The number of hydrogen-bond acceptors (Lipinski definition) is 6. The summed E-state index contributed by atoms with van der Waals surface area (Å²) in [5.41, 5.74) is -0.114. The molecule has 0 saturated carbocycles. The van der Waals surface area contributed by atoms with Crippen molar-refractivity contribution in [2.45, 2.75) is 13.1 Å². The van der Waals surface area contributed by atoms with E-state index >= 15 is 0 Å². The highest BCUT2D eigenvalue weighted by Gasteiger charge is 2.33. The Morgan fingerprint density at radius 2 is 1.74 bits per heavy atom. The number of nitro groups is 1. The Balaban J connectivity index is 1.68. The van der Waals surface area contributed by atoms with Crippen LogP contribution in [0.1, 0.15) is 22.3 Å². The third-order valence-corrected chi connectivity index (χ3v) is 4.83. The number of ether oxygens (including phenoxy) is 2. The molecule has 0 fully saturated rings. The molecule has 4 rings (SSSR count). The lowest BCUT2D eigenvalue weighted by Crippen LogP contribution is -2.06. The summed E-state index contributed by atoms with van der Waals surface area (Å²) in [7, 11) is 0. The van der Waals surface area contributed by atoms with Crippen LogP contribution in [0.2, 0.25) is 0 Å². The first kappa shape index (κ1) is 22.7. The summed E-state index contributed by atoms with van der Waals surface area (Å²) in [6, 6.07) is 15.4. The van der Waals surface area contributed by atoms with E-state index in [-0.39, 0.29) is 23.1 Å². The van der Waals surface area contributed by atoms with Gasteiger partial charge in [-0.25, -0.2) is 9.79 Å². The molecular formula is C24H15F3N2O5. The van der Waals surface area contributed by atoms with Gasteiger partial charge in [-0.15, -0.1) is 0 Å². The van der Waals surface area contributed by atoms with Crippen molar-refractivity contribution in [3.63, 3.8) is 0 Å². The molecule has 7 nitrogen and oxygen atoms in total. The highest BCUT2D eigenvalue weighted by atomic mass is 19.4. The minimum Gasteiger partial charge on any atom is -0.449 e. The number of carbonyl (C=O) groups is 1. The summed E-state index contributed by atoms with van der Waals surface area (Å²) in [5.74, 6) is -0.898. The standard InChI is InChI=1S/C24H15F3N2O5/c1-14-6-8-15(9-7-14)22-28-18(23(30)34-22)12-16-4-2-3-5-20(16)33-21-11-10-17(24(25,26)27)13-19(21)29(31)32/h2-13H,1H3/b18-12-. The van der Waals surface area contributed by atoms with Crippen LogP contribution in [-0.2, 0) is 15.7 Å². The van der Waals surface area contributed by atoms with Crippen LogP contribution in [0.15, 0.2) is 77.4 Å². The highest BCUT2D eigenvalue weighted by Crippen LogP contribution is 2.39. The molecule has 0 N–H and O–H groups in total. The number of benzene rings is 3. The second kappa shape index (κ2) is 8.81. The van der Waals surface area contributed by atoms with E-state index in [1.165, 1.54) is 12.1 Å². The minimum atomic E-state index is -4.75. The Morgan fingerprint density at radius 3 is 2.41 bits per heavy atom. The zero-order chi connectivity index (χ0) is 24.5. The normalized spacial score (nSPS) is 14.6. The third-order valence-electron chi connectivity index (χ3n) is 4.83. The van der Waals surface area contributed by atoms with Crippen LogP contribution in [-0.4, -0.2) is 16.8 Å².